The number of methoxy groups -OCH3 is 1. The van der Waals surface area contributed by atoms with Crippen molar-refractivity contribution in [1.29, 1.82) is 0 Å². The first kappa shape index (κ1) is 13.9. The summed E-state index contributed by atoms with van der Waals surface area (Å²) in [5.74, 6) is 0.137. The summed E-state index contributed by atoms with van der Waals surface area (Å²) in [5.41, 5.74) is -0.617. The van der Waals surface area contributed by atoms with Gasteiger partial charge in [0.2, 0.25) is 0 Å². The Kier molecular flexibility index (Phi) is 4.90. The second-order valence-electron chi connectivity index (χ2n) is 4.22. The van der Waals surface area contributed by atoms with Gasteiger partial charge in [0.15, 0.2) is 0 Å². The molecule has 0 saturated carbocycles. The third kappa shape index (κ3) is 3.68. The number of aliphatic hydroxyl groups is 1. The van der Waals surface area contributed by atoms with Crippen LogP contribution in [0.2, 0.25) is 0 Å². The molecule has 3 nitrogen and oxygen atoms in total. The van der Waals surface area contributed by atoms with Gasteiger partial charge < -0.3 is 15.2 Å². The number of benzene rings is 1. The van der Waals surface area contributed by atoms with Crippen molar-refractivity contribution >= 4 is 0 Å². The number of ether oxygens (including phenoxy) is 1. The van der Waals surface area contributed by atoms with Crippen molar-refractivity contribution in [2.24, 2.45) is 0 Å². The van der Waals surface area contributed by atoms with E-state index < -0.39 is 5.60 Å². The van der Waals surface area contributed by atoms with E-state index in [1.165, 1.54) is 25.3 Å². The minimum absolute atomic E-state index is 0.371. The molecule has 1 atom stereocenters. The Morgan fingerprint density at radius 3 is 2.76 bits per heavy atom. The third-order valence-electron chi connectivity index (χ3n) is 2.78. The van der Waals surface area contributed by atoms with E-state index in [0.29, 0.717) is 24.3 Å². The highest BCUT2D eigenvalue weighted by Gasteiger charge is 2.26. The van der Waals surface area contributed by atoms with Crippen molar-refractivity contribution < 1.29 is 14.2 Å². The molecule has 0 heterocycles. The molecular weight excluding hydrogens is 221 g/mol. The highest BCUT2D eigenvalue weighted by molar-refractivity contribution is 5.38. The molecule has 0 amide bonds. The van der Waals surface area contributed by atoms with E-state index >= 15 is 0 Å². The van der Waals surface area contributed by atoms with Gasteiger partial charge in [0.25, 0.3) is 0 Å². The molecule has 1 rings (SSSR count). The number of nitrogens with one attached hydrogen (secondary N) is 1. The number of hydrogen-bond donors (Lipinski definition) is 2. The van der Waals surface area contributed by atoms with Crippen molar-refractivity contribution in [3.8, 4) is 5.75 Å². The van der Waals surface area contributed by atoms with E-state index in [1.54, 1.807) is 6.92 Å². The first-order valence-electron chi connectivity index (χ1n) is 5.78. The predicted octanol–water partition coefficient (Wildman–Crippen LogP) is 2.04. The fourth-order valence-corrected chi connectivity index (χ4v) is 1.74. The first-order valence-corrected chi connectivity index (χ1v) is 5.78. The molecule has 1 aromatic carbocycles. The van der Waals surface area contributed by atoms with Gasteiger partial charge in [-0.2, -0.15) is 0 Å². The van der Waals surface area contributed by atoms with Crippen molar-refractivity contribution in [2.75, 3.05) is 20.2 Å². The summed E-state index contributed by atoms with van der Waals surface area (Å²) in [6.45, 7) is 5.18. The van der Waals surface area contributed by atoms with E-state index in [0.717, 1.165) is 6.54 Å². The van der Waals surface area contributed by atoms with Gasteiger partial charge in [-0.05, 0) is 44.6 Å². The van der Waals surface area contributed by atoms with Gasteiger partial charge in [0, 0.05) is 5.56 Å². The zero-order valence-electron chi connectivity index (χ0n) is 10.6. The molecule has 17 heavy (non-hydrogen) atoms. The summed E-state index contributed by atoms with van der Waals surface area (Å²) in [5, 5.41) is 13.5. The second-order valence-corrected chi connectivity index (χ2v) is 4.22. The van der Waals surface area contributed by atoms with Crippen molar-refractivity contribution in [3.63, 3.8) is 0 Å². The SMILES string of the molecule is CCNCCC(C)(O)c1cc(F)ccc1OC. The Hall–Kier alpha value is -1.13. The van der Waals surface area contributed by atoms with Crippen LogP contribution in [0.25, 0.3) is 0 Å². The van der Waals surface area contributed by atoms with Crippen LogP contribution in [0.3, 0.4) is 0 Å². The highest BCUT2D eigenvalue weighted by Crippen LogP contribution is 2.32. The standard InChI is InChI=1S/C13H20FNO2/c1-4-15-8-7-13(2,16)11-9-10(14)5-6-12(11)17-3/h5-6,9,15-16H,4,7-8H2,1-3H3. The molecule has 0 bridgehead atoms. The van der Waals surface area contributed by atoms with E-state index in [1.807, 2.05) is 6.92 Å². The Balaban J connectivity index is 2.91. The van der Waals surface area contributed by atoms with Gasteiger partial charge >= 0.3 is 0 Å². The van der Waals surface area contributed by atoms with Gasteiger partial charge in [-0.1, -0.05) is 6.92 Å². The molecule has 0 aliphatic carbocycles. The van der Waals surface area contributed by atoms with Crippen molar-refractivity contribution in [1.82, 2.24) is 5.32 Å². The van der Waals surface area contributed by atoms with Crippen LogP contribution in [-0.2, 0) is 5.60 Å². The minimum atomic E-state index is -1.10. The van der Waals surface area contributed by atoms with E-state index in [4.69, 9.17) is 4.74 Å². The van der Waals surface area contributed by atoms with Crippen molar-refractivity contribution in [3.05, 3.63) is 29.6 Å². The number of halogens is 1. The van der Waals surface area contributed by atoms with Gasteiger partial charge in [-0.3, -0.25) is 0 Å². The van der Waals surface area contributed by atoms with Crippen molar-refractivity contribution in [2.45, 2.75) is 25.9 Å². The lowest BCUT2D eigenvalue weighted by Gasteiger charge is -2.26. The van der Waals surface area contributed by atoms with Gasteiger partial charge in [0.05, 0.1) is 12.7 Å². The molecule has 0 aliphatic heterocycles. The average molecular weight is 241 g/mol. The molecule has 0 spiro atoms. The van der Waals surface area contributed by atoms with Crippen LogP contribution >= 0.6 is 0 Å². The van der Waals surface area contributed by atoms with E-state index in [2.05, 4.69) is 5.32 Å². The topological polar surface area (TPSA) is 41.5 Å². The molecule has 0 aromatic heterocycles. The summed E-state index contributed by atoms with van der Waals surface area (Å²) in [4.78, 5) is 0. The quantitative estimate of drug-likeness (QED) is 0.749. The first-order chi connectivity index (χ1) is 8.01. The molecule has 0 radical (unpaired) electrons. The average Bonchev–Trinajstić information content (AvgIpc) is 2.29. The zero-order valence-corrected chi connectivity index (χ0v) is 10.6. The van der Waals surface area contributed by atoms with Crippen LogP contribution in [0.5, 0.6) is 5.75 Å². The smallest absolute Gasteiger partial charge is 0.125 e. The maximum atomic E-state index is 13.2. The lowest BCUT2D eigenvalue weighted by atomic mass is 9.91. The fourth-order valence-electron chi connectivity index (χ4n) is 1.74. The third-order valence-corrected chi connectivity index (χ3v) is 2.78. The van der Waals surface area contributed by atoms with Crippen LogP contribution in [0.4, 0.5) is 4.39 Å². The second kappa shape index (κ2) is 5.98. The molecule has 96 valence electrons. The number of rotatable bonds is 6. The molecule has 4 heteroatoms. The lowest BCUT2D eigenvalue weighted by molar-refractivity contribution is 0.0453. The molecule has 1 aromatic rings. The largest absolute Gasteiger partial charge is 0.496 e. The summed E-state index contributed by atoms with van der Waals surface area (Å²) in [6.07, 6.45) is 0.501. The molecule has 1 unspecified atom stereocenters. The molecule has 0 saturated heterocycles. The summed E-state index contributed by atoms with van der Waals surface area (Å²) < 4.78 is 18.4. The highest BCUT2D eigenvalue weighted by atomic mass is 19.1. The predicted molar refractivity (Wildman–Crippen MR) is 65.7 cm³/mol. The molecule has 2 N–H and O–H groups in total. The monoisotopic (exact) mass is 241 g/mol. The molecular formula is C13H20FNO2. The van der Waals surface area contributed by atoms with E-state index in [-0.39, 0.29) is 5.82 Å². The summed E-state index contributed by atoms with van der Waals surface area (Å²) >= 11 is 0. The van der Waals surface area contributed by atoms with Crippen LogP contribution < -0.4 is 10.1 Å². The Morgan fingerprint density at radius 2 is 2.18 bits per heavy atom. The molecule has 0 aliphatic rings. The fraction of sp³-hybridized carbons (Fsp3) is 0.538. The maximum Gasteiger partial charge on any atom is 0.125 e. The van der Waals surface area contributed by atoms with Gasteiger partial charge in [-0.15, -0.1) is 0 Å². The summed E-state index contributed by atoms with van der Waals surface area (Å²) in [7, 11) is 1.51. The van der Waals surface area contributed by atoms with E-state index in [9.17, 15) is 9.50 Å². The van der Waals surface area contributed by atoms with Crippen LogP contribution in [0.15, 0.2) is 18.2 Å². The van der Waals surface area contributed by atoms with Crippen LogP contribution in [0.1, 0.15) is 25.8 Å². The maximum absolute atomic E-state index is 13.2. The zero-order chi connectivity index (χ0) is 12.9. The van der Waals surface area contributed by atoms with Gasteiger partial charge in [0.1, 0.15) is 11.6 Å². The Morgan fingerprint density at radius 1 is 1.47 bits per heavy atom. The van der Waals surface area contributed by atoms with Crippen LogP contribution in [0, 0.1) is 5.82 Å². The van der Waals surface area contributed by atoms with Crippen LogP contribution in [-0.4, -0.2) is 25.3 Å². The Bertz CT molecular complexity index is 366. The minimum Gasteiger partial charge on any atom is -0.496 e. The van der Waals surface area contributed by atoms with Gasteiger partial charge in [-0.25, -0.2) is 4.39 Å². The number of hydrogen-bond acceptors (Lipinski definition) is 3. The molecule has 0 fully saturated rings. The Labute approximate surface area is 102 Å². The lowest BCUT2D eigenvalue weighted by Crippen LogP contribution is -2.28. The normalized spacial score (nSPS) is 14.4. The summed E-state index contributed by atoms with van der Waals surface area (Å²) in [6, 6.07) is 4.18.